The topological polar surface area (TPSA) is 98.2 Å². The third-order valence-electron chi connectivity index (χ3n) is 7.67. The lowest BCUT2D eigenvalue weighted by molar-refractivity contribution is -0.132. The molecule has 0 radical (unpaired) electrons. The average molecular weight is 603 g/mol. The summed E-state index contributed by atoms with van der Waals surface area (Å²) < 4.78 is 31.9. The molecule has 0 saturated carbocycles. The predicted octanol–water partition coefficient (Wildman–Crippen LogP) is 6.96. The second-order valence-electron chi connectivity index (χ2n) is 10.7. The molecule has 1 amide bonds. The molecule has 0 bridgehead atoms. The van der Waals surface area contributed by atoms with E-state index in [0.29, 0.717) is 45.9 Å². The number of nitrogens with zero attached hydrogens (tertiary/aromatic N) is 2. The van der Waals surface area contributed by atoms with Gasteiger partial charge in [0.25, 0.3) is 5.78 Å². The molecule has 43 heavy (non-hydrogen) atoms. The first kappa shape index (κ1) is 28.7. The van der Waals surface area contributed by atoms with Crippen molar-refractivity contribution in [2.75, 3.05) is 18.6 Å². The molecule has 0 spiro atoms. The molecule has 2 aliphatic heterocycles. The van der Waals surface area contributed by atoms with Crippen LogP contribution in [0.1, 0.15) is 55.8 Å². The van der Waals surface area contributed by atoms with Gasteiger partial charge in [-0.2, -0.15) is 0 Å². The van der Waals surface area contributed by atoms with Crippen LogP contribution < -0.4 is 19.1 Å². The number of unbranched alkanes of at least 4 members (excludes halogenated alkanes) is 2. The summed E-state index contributed by atoms with van der Waals surface area (Å²) in [5.41, 5.74) is 2.22. The molecule has 222 valence electrons. The minimum absolute atomic E-state index is 0.00276. The minimum atomic E-state index is -1.03. The number of rotatable bonds is 9. The van der Waals surface area contributed by atoms with Crippen molar-refractivity contribution in [3.8, 4) is 17.2 Å². The van der Waals surface area contributed by atoms with Crippen molar-refractivity contribution in [2.45, 2.75) is 51.7 Å². The zero-order valence-corrected chi connectivity index (χ0v) is 24.9. The van der Waals surface area contributed by atoms with Gasteiger partial charge in [0.15, 0.2) is 16.6 Å². The zero-order chi connectivity index (χ0) is 30.2. The number of carbonyl (C=O) groups excluding carboxylic acids is 2. The van der Waals surface area contributed by atoms with Crippen LogP contribution >= 0.6 is 11.3 Å². The molecule has 2 aliphatic rings. The van der Waals surface area contributed by atoms with E-state index in [9.17, 15) is 19.1 Å². The van der Waals surface area contributed by atoms with Gasteiger partial charge in [-0.15, -0.1) is 0 Å². The number of carbonyl (C=O) groups is 2. The number of benzene rings is 3. The Bertz CT molecular complexity index is 1770. The van der Waals surface area contributed by atoms with E-state index in [4.69, 9.17) is 14.2 Å². The van der Waals surface area contributed by atoms with Gasteiger partial charge in [-0.25, -0.2) is 9.37 Å². The molecule has 1 aromatic heterocycles. The van der Waals surface area contributed by atoms with Crippen LogP contribution in [0, 0.1) is 5.82 Å². The molecule has 2 atom stereocenters. The number of thiazole rings is 1. The maximum absolute atomic E-state index is 14.0. The van der Waals surface area contributed by atoms with Crippen molar-refractivity contribution in [3.63, 3.8) is 0 Å². The third-order valence-corrected chi connectivity index (χ3v) is 8.69. The molecule has 8 nitrogen and oxygen atoms in total. The number of ether oxygens (including phenoxy) is 3. The fourth-order valence-electron chi connectivity index (χ4n) is 5.57. The Morgan fingerprint density at radius 2 is 1.95 bits per heavy atom. The number of fused-ring (bicyclic) bond motifs is 2. The van der Waals surface area contributed by atoms with Crippen LogP contribution in [-0.4, -0.2) is 41.6 Å². The van der Waals surface area contributed by atoms with E-state index in [1.165, 1.54) is 30.2 Å². The highest BCUT2D eigenvalue weighted by molar-refractivity contribution is 7.22. The summed E-state index contributed by atoms with van der Waals surface area (Å²) in [5.74, 6) is -0.756. The molecule has 3 aromatic carbocycles. The molecule has 1 N–H and O–H groups in total. The second-order valence-corrected chi connectivity index (χ2v) is 11.7. The fourth-order valence-corrected chi connectivity index (χ4v) is 6.58. The van der Waals surface area contributed by atoms with E-state index in [-0.39, 0.29) is 22.6 Å². The van der Waals surface area contributed by atoms with Crippen molar-refractivity contribution in [1.29, 1.82) is 0 Å². The van der Waals surface area contributed by atoms with Crippen LogP contribution in [0.4, 0.5) is 9.52 Å². The van der Waals surface area contributed by atoms with Crippen LogP contribution in [-0.2, 0) is 16.0 Å². The number of methoxy groups -OCH3 is 1. The van der Waals surface area contributed by atoms with Crippen molar-refractivity contribution in [1.82, 2.24) is 4.98 Å². The summed E-state index contributed by atoms with van der Waals surface area (Å²) >= 11 is 1.09. The van der Waals surface area contributed by atoms with Gasteiger partial charge >= 0.3 is 5.91 Å². The van der Waals surface area contributed by atoms with Gasteiger partial charge in [-0.05, 0) is 73.0 Å². The summed E-state index contributed by atoms with van der Waals surface area (Å²) in [4.78, 5) is 33.2. The number of anilines is 1. The maximum atomic E-state index is 14.0. The summed E-state index contributed by atoms with van der Waals surface area (Å²) in [6.07, 6.45) is 3.65. The first-order valence-electron chi connectivity index (χ1n) is 14.3. The Hall–Kier alpha value is -4.44. The largest absolute Gasteiger partial charge is 0.507 e. The lowest BCUT2D eigenvalue weighted by Crippen LogP contribution is -2.29. The summed E-state index contributed by atoms with van der Waals surface area (Å²) in [6, 6.07) is 13.5. The van der Waals surface area contributed by atoms with Crippen LogP contribution in [0.15, 0.2) is 60.2 Å². The average Bonchev–Trinajstić information content (AvgIpc) is 3.66. The van der Waals surface area contributed by atoms with E-state index < -0.39 is 23.5 Å². The minimum Gasteiger partial charge on any atom is -0.507 e. The summed E-state index contributed by atoms with van der Waals surface area (Å²) in [6.45, 7) is 4.59. The first-order valence-corrected chi connectivity index (χ1v) is 15.1. The highest BCUT2D eigenvalue weighted by atomic mass is 32.1. The van der Waals surface area contributed by atoms with Gasteiger partial charge in [0.2, 0.25) is 0 Å². The number of aliphatic hydroxyl groups is 1. The second kappa shape index (κ2) is 11.7. The Labute approximate surface area is 252 Å². The van der Waals surface area contributed by atoms with Crippen molar-refractivity contribution < 1.29 is 33.3 Å². The van der Waals surface area contributed by atoms with Gasteiger partial charge < -0.3 is 19.3 Å². The van der Waals surface area contributed by atoms with Crippen molar-refractivity contribution in [3.05, 3.63) is 82.7 Å². The normalized spacial score (nSPS) is 19.1. The predicted molar refractivity (Wildman–Crippen MR) is 163 cm³/mol. The van der Waals surface area contributed by atoms with Gasteiger partial charge in [0.1, 0.15) is 23.4 Å². The van der Waals surface area contributed by atoms with E-state index in [2.05, 4.69) is 11.9 Å². The molecular weight excluding hydrogens is 571 g/mol. The Morgan fingerprint density at radius 1 is 1.12 bits per heavy atom. The standard InChI is InChI=1S/C33H31FN2O6S/c1-4-5-6-13-41-25-12-7-19(16-26(25)40-3)29-28(30(37)20-8-11-24-21(15-20)14-18(2)42-24)31(38)32(39)36(29)33-35-23-10-9-22(34)17-27(23)43-33/h7-12,15-18,29,37H,4-6,13-14H2,1-3H3. The number of hydrogen-bond donors (Lipinski definition) is 1. The Kier molecular flexibility index (Phi) is 7.79. The van der Waals surface area contributed by atoms with Gasteiger partial charge in [0.05, 0.1) is 35.5 Å². The number of hydrogen-bond acceptors (Lipinski definition) is 8. The molecule has 2 unspecified atom stereocenters. The third kappa shape index (κ3) is 5.31. The number of aromatic nitrogens is 1. The monoisotopic (exact) mass is 602 g/mol. The number of aliphatic hydroxyl groups excluding tert-OH is 1. The number of ketones is 1. The molecule has 1 saturated heterocycles. The van der Waals surface area contributed by atoms with Gasteiger partial charge in [0, 0.05) is 12.0 Å². The number of amides is 1. The van der Waals surface area contributed by atoms with E-state index in [1.807, 2.05) is 6.92 Å². The first-order chi connectivity index (χ1) is 20.8. The zero-order valence-electron chi connectivity index (χ0n) is 24.1. The van der Waals surface area contributed by atoms with Crippen LogP contribution in [0.5, 0.6) is 17.2 Å². The number of Topliss-reactive ketones (excluding diaryl/α,β-unsaturated/α-hetero) is 1. The van der Waals surface area contributed by atoms with Gasteiger partial charge in [-0.1, -0.05) is 37.2 Å². The fraction of sp³-hybridized carbons (Fsp3) is 0.303. The molecular formula is C33H31FN2O6S. The maximum Gasteiger partial charge on any atom is 0.301 e. The quantitative estimate of drug-likeness (QED) is 0.0957. The van der Waals surface area contributed by atoms with Crippen molar-refractivity contribution >= 4 is 44.1 Å². The van der Waals surface area contributed by atoms with E-state index in [1.54, 1.807) is 36.4 Å². The van der Waals surface area contributed by atoms with E-state index in [0.717, 1.165) is 41.9 Å². The molecule has 6 rings (SSSR count). The highest BCUT2D eigenvalue weighted by Gasteiger charge is 2.48. The van der Waals surface area contributed by atoms with Crippen LogP contribution in [0.25, 0.3) is 16.0 Å². The molecule has 4 aromatic rings. The van der Waals surface area contributed by atoms with Crippen LogP contribution in [0.2, 0.25) is 0 Å². The molecule has 10 heteroatoms. The Balaban J connectivity index is 1.48. The molecule has 1 fully saturated rings. The van der Waals surface area contributed by atoms with Gasteiger partial charge in [-0.3, -0.25) is 14.5 Å². The number of halogens is 1. The molecule has 3 heterocycles. The lowest BCUT2D eigenvalue weighted by Gasteiger charge is -2.24. The van der Waals surface area contributed by atoms with Crippen molar-refractivity contribution in [2.24, 2.45) is 0 Å². The lowest BCUT2D eigenvalue weighted by atomic mass is 9.94. The smallest absolute Gasteiger partial charge is 0.301 e. The summed E-state index contributed by atoms with van der Waals surface area (Å²) in [5, 5.41) is 11.9. The highest BCUT2D eigenvalue weighted by Crippen LogP contribution is 2.46. The van der Waals surface area contributed by atoms with Crippen LogP contribution in [0.3, 0.4) is 0 Å². The SMILES string of the molecule is CCCCCOc1ccc(C2C(=C(O)c3ccc4c(c3)CC(C)O4)C(=O)C(=O)N2c2nc3ccc(F)cc3s2)cc1OC. The summed E-state index contributed by atoms with van der Waals surface area (Å²) in [7, 11) is 1.52. The van der Waals surface area contributed by atoms with E-state index >= 15 is 0 Å². The molecule has 0 aliphatic carbocycles. The Morgan fingerprint density at radius 3 is 2.74 bits per heavy atom.